The van der Waals surface area contributed by atoms with Crippen molar-refractivity contribution in [3.8, 4) is 5.75 Å². The first-order valence-corrected chi connectivity index (χ1v) is 11.3. The number of hydrogen-bond acceptors (Lipinski definition) is 5. The standard InChI is InChI=1S/C25H34N4O3/c1-18(2)26-21-12-15-29(16-13-21)17-14-24(30)27-20-10-8-19(9-11-20)25(31)28-22-6-4-5-7-23(22)32-3/h4-11,18,21,26H,12-17H2,1-3H3,(H,27,30)(H,28,31). The summed E-state index contributed by atoms with van der Waals surface area (Å²) < 4.78 is 5.26. The van der Waals surface area contributed by atoms with E-state index in [1.807, 2.05) is 12.1 Å². The summed E-state index contributed by atoms with van der Waals surface area (Å²) in [6.45, 7) is 7.16. The van der Waals surface area contributed by atoms with Gasteiger partial charge in [0.1, 0.15) is 5.75 Å². The maximum Gasteiger partial charge on any atom is 0.255 e. The van der Waals surface area contributed by atoms with Gasteiger partial charge in [-0.1, -0.05) is 26.0 Å². The van der Waals surface area contributed by atoms with Gasteiger partial charge in [-0.3, -0.25) is 9.59 Å². The summed E-state index contributed by atoms with van der Waals surface area (Å²) in [7, 11) is 1.56. The number of likely N-dealkylation sites (tertiary alicyclic amines) is 1. The third-order valence-electron chi connectivity index (χ3n) is 5.60. The Labute approximate surface area is 190 Å². The van der Waals surface area contributed by atoms with Gasteiger partial charge in [-0.2, -0.15) is 0 Å². The van der Waals surface area contributed by atoms with E-state index in [4.69, 9.17) is 4.74 Å². The summed E-state index contributed by atoms with van der Waals surface area (Å²) in [5, 5.41) is 9.36. The molecule has 0 aromatic heterocycles. The second kappa shape index (κ2) is 11.6. The molecule has 0 spiro atoms. The fraction of sp³-hybridized carbons (Fsp3) is 0.440. The van der Waals surface area contributed by atoms with E-state index in [0.29, 0.717) is 41.2 Å². The van der Waals surface area contributed by atoms with E-state index in [0.717, 1.165) is 32.5 Å². The third-order valence-corrected chi connectivity index (χ3v) is 5.60. The predicted octanol–water partition coefficient (Wildman–Crippen LogP) is 3.74. The molecule has 1 fully saturated rings. The summed E-state index contributed by atoms with van der Waals surface area (Å²) in [6, 6.07) is 15.2. The highest BCUT2D eigenvalue weighted by molar-refractivity contribution is 6.05. The minimum absolute atomic E-state index is 0.0151. The van der Waals surface area contributed by atoms with Gasteiger partial charge in [0.2, 0.25) is 5.91 Å². The Morgan fingerprint density at radius 2 is 1.72 bits per heavy atom. The molecular formula is C25H34N4O3. The molecule has 0 aliphatic carbocycles. The molecule has 2 amide bonds. The van der Waals surface area contributed by atoms with Crippen LogP contribution in [0.1, 0.15) is 43.5 Å². The van der Waals surface area contributed by atoms with E-state index in [1.165, 1.54) is 0 Å². The molecule has 1 saturated heterocycles. The van der Waals surface area contributed by atoms with Crippen LogP contribution in [0.15, 0.2) is 48.5 Å². The molecular weight excluding hydrogens is 404 g/mol. The Morgan fingerprint density at radius 3 is 2.38 bits per heavy atom. The number of carbonyl (C=O) groups is 2. The molecule has 1 heterocycles. The van der Waals surface area contributed by atoms with Gasteiger partial charge in [-0.05, 0) is 62.3 Å². The van der Waals surface area contributed by atoms with Crippen molar-refractivity contribution in [3.63, 3.8) is 0 Å². The lowest BCUT2D eigenvalue weighted by Crippen LogP contribution is -2.45. The molecule has 1 aliphatic rings. The van der Waals surface area contributed by atoms with Crippen LogP contribution < -0.4 is 20.7 Å². The molecule has 3 rings (SSSR count). The largest absolute Gasteiger partial charge is 0.495 e. The number of ether oxygens (including phenoxy) is 1. The number of methoxy groups -OCH3 is 1. The van der Waals surface area contributed by atoms with Gasteiger partial charge < -0.3 is 25.6 Å². The monoisotopic (exact) mass is 438 g/mol. The van der Waals surface area contributed by atoms with Gasteiger partial charge in [0, 0.05) is 36.3 Å². The highest BCUT2D eigenvalue weighted by atomic mass is 16.5. The van der Waals surface area contributed by atoms with Gasteiger partial charge in [0.15, 0.2) is 0 Å². The number of amides is 2. The summed E-state index contributed by atoms with van der Waals surface area (Å²) >= 11 is 0. The van der Waals surface area contributed by atoms with Crippen molar-refractivity contribution in [1.29, 1.82) is 0 Å². The van der Waals surface area contributed by atoms with Crippen LogP contribution in [0.4, 0.5) is 11.4 Å². The number of rotatable bonds is 9. The molecule has 2 aromatic carbocycles. The van der Waals surface area contributed by atoms with E-state index < -0.39 is 0 Å². The van der Waals surface area contributed by atoms with Crippen molar-refractivity contribution in [2.75, 3.05) is 37.4 Å². The second-order valence-corrected chi connectivity index (χ2v) is 8.47. The Morgan fingerprint density at radius 1 is 1.03 bits per heavy atom. The lowest BCUT2D eigenvalue weighted by molar-refractivity contribution is -0.116. The Hall–Kier alpha value is -2.90. The van der Waals surface area contributed by atoms with E-state index in [9.17, 15) is 9.59 Å². The van der Waals surface area contributed by atoms with Crippen LogP contribution in [0.3, 0.4) is 0 Å². The molecule has 172 valence electrons. The molecule has 7 heteroatoms. The van der Waals surface area contributed by atoms with Crippen LogP contribution in [0.5, 0.6) is 5.75 Å². The van der Waals surface area contributed by atoms with Gasteiger partial charge >= 0.3 is 0 Å². The smallest absolute Gasteiger partial charge is 0.255 e. The number of para-hydroxylation sites is 2. The van der Waals surface area contributed by atoms with Crippen molar-refractivity contribution in [1.82, 2.24) is 10.2 Å². The number of nitrogens with one attached hydrogen (secondary N) is 3. The number of nitrogens with zero attached hydrogens (tertiary/aromatic N) is 1. The normalized spacial score (nSPS) is 14.9. The molecule has 1 aliphatic heterocycles. The minimum Gasteiger partial charge on any atom is -0.495 e. The number of hydrogen-bond donors (Lipinski definition) is 3. The number of piperidine rings is 1. The fourth-order valence-corrected chi connectivity index (χ4v) is 3.93. The summed E-state index contributed by atoms with van der Waals surface area (Å²) in [5.41, 5.74) is 1.80. The lowest BCUT2D eigenvalue weighted by Gasteiger charge is -2.33. The molecule has 32 heavy (non-hydrogen) atoms. The minimum atomic E-state index is -0.234. The number of carbonyl (C=O) groups excluding carboxylic acids is 2. The van der Waals surface area contributed by atoms with Crippen LogP contribution in [0.25, 0.3) is 0 Å². The maximum absolute atomic E-state index is 12.5. The number of benzene rings is 2. The van der Waals surface area contributed by atoms with Gasteiger partial charge in [0.25, 0.3) is 5.91 Å². The maximum atomic E-state index is 12.5. The predicted molar refractivity (Wildman–Crippen MR) is 128 cm³/mol. The zero-order chi connectivity index (χ0) is 22.9. The van der Waals surface area contributed by atoms with Gasteiger partial charge in [-0.25, -0.2) is 0 Å². The lowest BCUT2D eigenvalue weighted by atomic mass is 10.0. The zero-order valence-electron chi connectivity index (χ0n) is 19.2. The molecule has 0 bridgehead atoms. The first-order chi connectivity index (χ1) is 15.4. The fourth-order valence-electron chi connectivity index (χ4n) is 3.93. The molecule has 0 unspecified atom stereocenters. The van der Waals surface area contributed by atoms with E-state index in [2.05, 4.69) is 34.7 Å². The average Bonchev–Trinajstić information content (AvgIpc) is 2.79. The van der Waals surface area contributed by atoms with Crippen LogP contribution in [-0.4, -0.2) is 55.5 Å². The topological polar surface area (TPSA) is 82.7 Å². The van der Waals surface area contributed by atoms with Crippen molar-refractivity contribution < 1.29 is 14.3 Å². The second-order valence-electron chi connectivity index (χ2n) is 8.47. The first kappa shape index (κ1) is 23.8. The Bertz CT molecular complexity index is 890. The van der Waals surface area contributed by atoms with Crippen molar-refractivity contribution in [2.24, 2.45) is 0 Å². The third kappa shape index (κ3) is 7.07. The van der Waals surface area contributed by atoms with E-state index >= 15 is 0 Å². The van der Waals surface area contributed by atoms with Crippen LogP contribution in [-0.2, 0) is 4.79 Å². The summed E-state index contributed by atoms with van der Waals surface area (Å²) in [6.07, 6.45) is 2.70. The molecule has 0 saturated carbocycles. The molecule has 3 N–H and O–H groups in total. The van der Waals surface area contributed by atoms with Crippen molar-refractivity contribution in [2.45, 2.75) is 45.2 Å². The molecule has 2 aromatic rings. The quantitative estimate of drug-likeness (QED) is 0.556. The Balaban J connectivity index is 1.43. The Kier molecular flexibility index (Phi) is 8.64. The highest BCUT2D eigenvalue weighted by Crippen LogP contribution is 2.24. The summed E-state index contributed by atoms with van der Waals surface area (Å²) in [4.78, 5) is 27.2. The van der Waals surface area contributed by atoms with Crippen molar-refractivity contribution in [3.05, 3.63) is 54.1 Å². The summed E-state index contributed by atoms with van der Waals surface area (Å²) in [5.74, 6) is 0.353. The molecule has 0 atom stereocenters. The van der Waals surface area contributed by atoms with E-state index in [1.54, 1.807) is 43.5 Å². The van der Waals surface area contributed by atoms with Gasteiger partial charge in [-0.15, -0.1) is 0 Å². The first-order valence-electron chi connectivity index (χ1n) is 11.3. The van der Waals surface area contributed by atoms with E-state index in [-0.39, 0.29) is 11.8 Å². The zero-order valence-corrected chi connectivity index (χ0v) is 19.2. The van der Waals surface area contributed by atoms with Crippen LogP contribution in [0, 0.1) is 0 Å². The average molecular weight is 439 g/mol. The SMILES string of the molecule is COc1ccccc1NC(=O)c1ccc(NC(=O)CCN2CCC(NC(C)C)CC2)cc1. The molecule has 7 nitrogen and oxygen atoms in total. The molecule has 0 radical (unpaired) electrons. The van der Waals surface area contributed by atoms with Crippen molar-refractivity contribution >= 4 is 23.2 Å². The number of anilines is 2. The van der Waals surface area contributed by atoms with Crippen LogP contribution in [0.2, 0.25) is 0 Å². The van der Waals surface area contributed by atoms with Gasteiger partial charge in [0.05, 0.1) is 12.8 Å². The highest BCUT2D eigenvalue weighted by Gasteiger charge is 2.19. The van der Waals surface area contributed by atoms with Crippen LogP contribution >= 0.6 is 0 Å².